The molecule has 2 rings (SSSR count). The molecule has 92 valence electrons. The van der Waals surface area contributed by atoms with Crippen molar-refractivity contribution in [3.05, 3.63) is 57.8 Å². The van der Waals surface area contributed by atoms with Gasteiger partial charge in [0.15, 0.2) is 0 Å². The Kier molecular flexibility index (Phi) is 3.55. The van der Waals surface area contributed by atoms with Crippen LogP contribution >= 0.6 is 23.2 Å². The summed E-state index contributed by atoms with van der Waals surface area (Å²) in [6, 6.07) is 8.25. The number of hydrogen-bond donors (Lipinski definition) is 1. The molecule has 0 aromatic heterocycles. The van der Waals surface area contributed by atoms with E-state index in [1.54, 1.807) is 0 Å². The second-order valence-electron chi connectivity index (χ2n) is 3.62. The number of halogens is 3. The van der Waals surface area contributed by atoms with Gasteiger partial charge in [-0.05, 0) is 36.4 Å². The van der Waals surface area contributed by atoms with Gasteiger partial charge in [-0.3, -0.25) is 0 Å². The third kappa shape index (κ3) is 2.47. The molecule has 0 amide bonds. The summed E-state index contributed by atoms with van der Waals surface area (Å²) in [7, 11) is 0. The van der Waals surface area contributed by atoms with Gasteiger partial charge in [0.2, 0.25) is 0 Å². The predicted octanol–water partition coefficient (Wildman–Crippen LogP) is 4.50. The first-order chi connectivity index (χ1) is 8.49. The smallest absolute Gasteiger partial charge is 0.336 e. The average molecular weight is 285 g/mol. The Bertz CT molecular complexity index is 626. The van der Waals surface area contributed by atoms with Crippen molar-refractivity contribution in [3.63, 3.8) is 0 Å². The van der Waals surface area contributed by atoms with Crippen LogP contribution in [0.1, 0.15) is 10.4 Å². The molecule has 1 N–H and O–H groups in total. The molecule has 0 fully saturated rings. The zero-order valence-corrected chi connectivity index (χ0v) is 10.5. The molecule has 0 saturated carbocycles. The quantitative estimate of drug-likeness (QED) is 0.882. The van der Waals surface area contributed by atoms with Gasteiger partial charge in [-0.1, -0.05) is 23.2 Å². The van der Waals surface area contributed by atoms with Crippen LogP contribution in [0.2, 0.25) is 10.0 Å². The van der Waals surface area contributed by atoms with Gasteiger partial charge in [0, 0.05) is 21.2 Å². The molecule has 0 radical (unpaired) electrons. The molecule has 0 aliphatic carbocycles. The van der Waals surface area contributed by atoms with E-state index in [0.29, 0.717) is 5.02 Å². The van der Waals surface area contributed by atoms with Crippen LogP contribution in [-0.2, 0) is 0 Å². The lowest BCUT2D eigenvalue weighted by molar-refractivity contribution is 0.0698. The minimum atomic E-state index is -1.14. The van der Waals surface area contributed by atoms with Crippen LogP contribution in [0.4, 0.5) is 4.39 Å². The minimum Gasteiger partial charge on any atom is -0.478 e. The van der Waals surface area contributed by atoms with Gasteiger partial charge >= 0.3 is 5.97 Å². The summed E-state index contributed by atoms with van der Waals surface area (Å²) in [6.07, 6.45) is 0. The van der Waals surface area contributed by atoms with E-state index in [9.17, 15) is 9.18 Å². The number of benzene rings is 2. The zero-order valence-electron chi connectivity index (χ0n) is 8.95. The molecule has 0 saturated heterocycles. The second-order valence-corrected chi connectivity index (χ2v) is 4.49. The van der Waals surface area contributed by atoms with Crippen molar-refractivity contribution in [1.82, 2.24) is 0 Å². The fourth-order valence-electron chi connectivity index (χ4n) is 1.63. The van der Waals surface area contributed by atoms with Gasteiger partial charge in [0.25, 0.3) is 0 Å². The van der Waals surface area contributed by atoms with E-state index in [2.05, 4.69) is 0 Å². The molecular formula is C13H7Cl2FO2. The van der Waals surface area contributed by atoms with E-state index in [1.165, 1.54) is 30.3 Å². The number of rotatable bonds is 2. The van der Waals surface area contributed by atoms with Gasteiger partial charge in [-0.25, -0.2) is 9.18 Å². The van der Waals surface area contributed by atoms with E-state index in [0.717, 1.165) is 6.07 Å². The Morgan fingerprint density at radius 3 is 2.22 bits per heavy atom. The van der Waals surface area contributed by atoms with Crippen LogP contribution in [0.3, 0.4) is 0 Å². The molecule has 0 spiro atoms. The molecule has 0 bridgehead atoms. The maximum atomic E-state index is 13.8. The SMILES string of the molecule is O=C(O)c1ccc(Cl)cc1-c1ccc(Cl)cc1F. The lowest BCUT2D eigenvalue weighted by atomic mass is 9.99. The standard InChI is InChI=1S/C13H7Cl2FO2/c14-7-2-4-10(13(17)18)11(5-7)9-3-1-8(15)6-12(9)16/h1-6H,(H,17,18). The van der Waals surface area contributed by atoms with Crippen molar-refractivity contribution in [1.29, 1.82) is 0 Å². The summed E-state index contributed by atoms with van der Waals surface area (Å²) in [5, 5.41) is 9.65. The summed E-state index contributed by atoms with van der Waals surface area (Å²) in [5.41, 5.74) is 0.365. The van der Waals surface area contributed by atoms with Gasteiger partial charge in [-0.15, -0.1) is 0 Å². The van der Waals surface area contributed by atoms with Crippen LogP contribution < -0.4 is 0 Å². The maximum Gasteiger partial charge on any atom is 0.336 e. The third-order valence-electron chi connectivity index (χ3n) is 2.43. The summed E-state index contributed by atoms with van der Waals surface area (Å²) in [6.45, 7) is 0. The van der Waals surface area contributed by atoms with Gasteiger partial charge in [0.05, 0.1) is 5.56 Å². The summed E-state index contributed by atoms with van der Waals surface area (Å²) < 4.78 is 13.8. The lowest BCUT2D eigenvalue weighted by Crippen LogP contribution is -2.00. The Morgan fingerprint density at radius 2 is 1.61 bits per heavy atom. The van der Waals surface area contributed by atoms with Gasteiger partial charge in [0.1, 0.15) is 5.82 Å². The number of carbonyl (C=O) groups is 1. The van der Waals surface area contributed by atoms with Crippen molar-refractivity contribution < 1.29 is 14.3 Å². The molecule has 2 nitrogen and oxygen atoms in total. The molecule has 18 heavy (non-hydrogen) atoms. The fourth-order valence-corrected chi connectivity index (χ4v) is 1.96. The topological polar surface area (TPSA) is 37.3 Å². The first kappa shape index (κ1) is 12.9. The van der Waals surface area contributed by atoms with E-state index in [1.807, 2.05) is 0 Å². The highest BCUT2D eigenvalue weighted by molar-refractivity contribution is 6.31. The summed E-state index contributed by atoms with van der Waals surface area (Å²) >= 11 is 11.5. The van der Waals surface area contributed by atoms with Gasteiger partial charge < -0.3 is 5.11 Å². The molecular weight excluding hydrogens is 278 g/mol. The first-order valence-electron chi connectivity index (χ1n) is 4.97. The fraction of sp³-hybridized carbons (Fsp3) is 0. The van der Waals surface area contributed by atoms with Gasteiger partial charge in [-0.2, -0.15) is 0 Å². The van der Waals surface area contributed by atoms with E-state index < -0.39 is 11.8 Å². The summed E-state index contributed by atoms with van der Waals surface area (Å²) in [4.78, 5) is 11.1. The molecule has 2 aromatic rings. The van der Waals surface area contributed by atoms with E-state index in [4.69, 9.17) is 28.3 Å². The van der Waals surface area contributed by atoms with Crippen LogP contribution in [0.5, 0.6) is 0 Å². The van der Waals surface area contributed by atoms with Crippen molar-refractivity contribution in [2.45, 2.75) is 0 Å². The summed E-state index contributed by atoms with van der Waals surface area (Å²) in [5.74, 6) is -1.73. The molecule has 0 heterocycles. The number of aromatic carboxylic acids is 1. The van der Waals surface area contributed by atoms with Crippen molar-refractivity contribution in [2.75, 3.05) is 0 Å². The van der Waals surface area contributed by atoms with Crippen molar-refractivity contribution >= 4 is 29.2 Å². The monoisotopic (exact) mass is 284 g/mol. The number of carboxylic acids is 1. The predicted molar refractivity (Wildman–Crippen MR) is 68.8 cm³/mol. The Balaban J connectivity index is 2.69. The maximum absolute atomic E-state index is 13.8. The third-order valence-corrected chi connectivity index (χ3v) is 2.90. The van der Waals surface area contributed by atoms with Crippen LogP contribution in [-0.4, -0.2) is 11.1 Å². The lowest BCUT2D eigenvalue weighted by Gasteiger charge is -2.08. The number of hydrogen-bond acceptors (Lipinski definition) is 1. The minimum absolute atomic E-state index is 0.0133. The van der Waals surface area contributed by atoms with Crippen molar-refractivity contribution in [3.8, 4) is 11.1 Å². The second kappa shape index (κ2) is 4.96. The van der Waals surface area contributed by atoms with Crippen LogP contribution in [0.25, 0.3) is 11.1 Å². The van der Waals surface area contributed by atoms with Crippen LogP contribution in [0.15, 0.2) is 36.4 Å². The van der Waals surface area contributed by atoms with E-state index in [-0.39, 0.29) is 21.7 Å². The Morgan fingerprint density at radius 1 is 1.00 bits per heavy atom. The molecule has 0 unspecified atom stereocenters. The molecule has 2 aromatic carbocycles. The Labute approximate surface area is 113 Å². The number of carboxylic acid groups (broad SMARTS) is 1. The normalized spacial score (nSPS) is 10.4. The van der Waals surface area contributed by atoms with E-state index >= 15 is 0 Å². The molecule has 0 aliphatic heterocycles. The molecule has 0 aliphatic rings. The highest BCUT2D eigenvalue weighted by Gasteiger charge is 2.15. The largest absolute Gasteiger partial charge is 0.478 e. The highest BCUT2D eigenvalue weighted by atomic mass is 35.5. The molecule has 5 heteroatoms. The van der Waals surface area contributed by atoms with Crippen LogP contribution in [0, 0.1) is 5.82 Å². The zero-order chi connectivity index (χ0) is 13.3. The van der Waals surface area contributed by atoms with Crippen molar-refractivity contribution in [2.24, 2.45) is 0 Å². The highest BCUT2D eigenvalue weighted by Crippen LogP contribution is 2.30. The molecule has 0 atom stereocenters. The average Bonchev–Trinajstić information content (AvgIpc) is 2.28. The Hall–Kier alpha value is -1.58. The first-order valence-corrected chi connectivity index (χ1v) is 5.73.